The molecule has 2 N–H and O–H groups in total. The predicted octanol–water partition coefficient (Wildman–Crippen LogP) is 3.64. The Bertz CT molecular complexity index is 383. The summed E-state index contributed by atoms with van der Waals surface area (Å²) in [6.45, 7) is 0.743. The molecule has 1 fully saturated rings. The molecule has 20 heavy (non-hydrogen) atoms. The van der Waals surface area contributed by atoms with Crippen molar-refractivity contribution in [1.82, 2.24) is 10.6 Å². The molecule has 0 aliphatic heterocycles. The quantitative estimate of drug-likeness (QED) is 0.624. The highest BCUT2D eigenvalue weighted by Crippen LogP contribution is 2.16. The van der Waals surface area contributed by atoms with Gasteiger partial charge in [0.05, 0.1) is 0 Å². The van der Waals surface area contributed by atoms with Crippen molar-refractivity contribution >= 4 is 6.03 Å². The Kier molecular flexibility index (Phi) is 6.42. The van der Waals surface area contributed by atoms with Crippen molar-refractivity contribution in [2.45, 2.75) is 57.4 Å². The molecule has 0 unspecified atom stereocenters. The van der Waals surface area contributed by atoms with Crippen LogP contribution in [0, 0.1) is 0 Å². The van der Waals surface area contributed by atoms with E-state index in [0.29, 0.717) is 6.04 Å². The molecule has 0 saturated heterocycles. The largest absolute Gasteiger partial charge is 0.338 e. The molecule has 1 saturated carbocycles. The average molecular weight is 274 g/mol. The summed E-state index contributed by atoms with van der Waals surface area (Å²) < 4.78 is 0. The second kappa shape index (κ2) is 8.62. The minimum atomic E-state index is 0.00459. The van der Waals surface area contributed by atoms with Crippen molar-refractivity contribution in [2.24, 2.45) is 0 Å². The number of rotatable bonds is 5. The SMILES string of the molecule is O=C(NCCCc1ccccc1)NC1CCCCCC1. The fourth-order valence-electron chi connectivity index (χ4n) is 2.80. The number of nitrogens with one attached hydrogen (secondary N) is 2. The lowest BCUT2D eigenvalue weighted by atomic mass is 10.1. The highest BCUT2D eigenvalue weighted by molar-refractivity contribution is 5.74. The lowest BCUT2D eigenvalue weighted by Crippen LogP contribution is -2.42. The molecule has 3 heteroatoms. The second-order valence-electron chi connectivity index (χ2n) is 5.68. The van der Waals surface area contributed by atoms with Crippen LogP contribution in [0.3, 0.4) is 0 Å². The minimum absolute atomic E-state index is 0.00459. The summed E-state index contributed by atoms with van der Waals surface area (Å²) in [5.41, 5.74) is 1.33. The first-order valence-corrected chi connectivity index (χ1v) is 7.93. The molecule has 1 aromatic rings. The third-order valence-electron chi connectivity index (χ3n) is 3.96. The van der Waals surface area contributed by atoms with Gasteiger partial charge in [-0.05, 0) is 31.2 Å². The van der Waals surface area contributed by atoms with Crippen molar-refractivity contribution in [2.75, 3.05) is 6.54 Å². The number of hydrogen-bond acceptors (Lipinski definition) is 1. The van der Waals surface area contributed by atoms with Gasteiger partial charge in [0.25, 0.3) is 0 Å². The molecule has 1 aliphatic rings. The molecular weight excluding hydrogens is 248 g/mol. The first-order valence-electron chi connectivity index (χ1n) is 7.93. The van der Waals surface area contributed by atoms with Gasteiger partial charge in [-0.15, -0.1) is 0 Å². The van der Waals surface area contributed by atoms with Gasteiger partial charge in [-0.25, -0.2) is 4.79 Å². The van der Waals surface area contributed by atoms with Crippen molar-refractivity contribution in [3.8, 4) is 0 Å². The third kappa shape index (κ3) is 5.64. The number of carbonyl (C=O) groups is 1. The fourth-order valence-corrected chi connectivity index (χ4v) is 2.80. The molecule has 3 nitrogen and oxygen atoms in total. The summed E-state index contributed by atoms with van der Waals surface area (Å²) in [6, 6.07) is 10.8. The van der Waals surface area contributed by atoms with Crippen molar-refractivity contribution in [1.29, 1.82) is 0 Å². The molecule has 0 bridgehead atoms. The van der Waals surface area contributed by atoms with E-state index in [-0.39, 0.29) is 6.03 Å². The lowest BCUT2D eigenvalue weighted by Gasteiger charge is -2.16. The van der Waals surface area contributed by atoms with E-state index in [1.807, 2.05) is 6.07 Å². The van der Waals surface area contributed by atoms with E-state index in [1.54, 1.807) is 0 Å². The Morgan fingerprint density at radius 2 is 1.75 bits per heavy atom. The molecule has 0 radical (unpaired) electrons. The number of aryl methyl sites for hydroxylation is 1. The van der Waals surface area contributed by atoms with Crippen LogP contribution in [0.1, 0.15) is 50.5 Å². The van der Waals surface area contributed by atoms with Gasteiger partial charge in [0.15, 0.2) is 0 Å². The van der Waals surface area contributed by atoms with E-state index in [1.165, 1.54) is 31.2 Å². The fraction of sp³-hybridized carbons (Fsp3) is 0.588. The second-order valence-corrected chi connectivity index (χ2v) is 5.68. The van der Waals surface area contributed by atoms with Crippen LogP contribution < -0.4 is 10.6 Å². The molecule has 110 valence electrons. The molecule has 0 spiro atoms. The molecule has 2 amide bonds. The van der Waals surface area contributed by atoms with Gasteiger partial charge in [0.2, 0.25) is 0 Å². The van der Waals surface area contributed by atoms with Crippen LogP contribution in [-0.4, -0.2) is 18.6 Å². The normalized spacial score (nSPS) is 16.4. The summed E-state index contributed by atoms with van der Waals surface area (Å²) in [7, 11) is 0. The monoisotopic (exact) mass is 274 g/mol. The van der Waals surface area contributed by atoms with Crippen LogP contribution in [0.2, 0.25) is 0 Å². The Morgan fingerprint density at radius 3 is 2.45 bits per heavy atom. The van der Waals surface area contributed by atoms with Gasteiger partial charge in [-0.2, -0.15) is 0 Å². The molecule has 0 atom stereocenters. The van der Waals surface area contributed by atoms with Crippen LogP contribution in [-0.2, 0) is 6.42 Å². The highest BCUT2D eigenvalue weighted by atomic mass is 16.2. The maximum absolute atomic E-state index is 11.8. The highest BCUT2D eigenvalue weighted by Gasteiger charge is 2.13. The number of amides is 2. The first kappa shape index (κ1) is 14.9. The molecule has 0 heterocycles. The van der Waals surface area contributed by atoms with Crippen LogP contribution in [0.15, 0.2) is 30.3 Å². The van der Waals surface area contributed by atoms with E-state index in [2.05, 4.69) is 34.9 Å². The Hall–Kier alpha value is -1.51. The number of benzene rings is 1. The maximum Gasteiger partial charge on any atom is 0.315 e. The minimum Gasteiger partial charge on any atom is -0.338 e. The summed E-state index contributed by atoms with van der Waals surface area (Å²) >= 11 is 0. The molecular formula is C17H26N2O. The topological polar surface area (TPSA) is 41.1 Å². The van der Waals surface area contributed by atoms with Crippen LogP contribution in [0.25, 0.3) is 0 Å². The van der Waals surface area contributed by atoms with Gasteiger partial charge >= 0.3 is 6.03 Å². The molecule has 1 aromatic carbocycles. The van der Waals surface area contributed by atoms with Crippen LogP contribution in [0.4, 0.5) is 4.79 Å². The Balaban J connectivity index is 1.58. The van der Waals surface area contributed by atoms with Gasteiger partial charge in [-0.1, -0.05) is 56.0 Å². The predicted molar refractivity (Wildman–Crippen MR) is 82.8 cm³/mol. The number of urea groups is 1. The number of carbonyl (C=O) groups excluding carboxylic acids is 1. The van der Waals surface area contributed by atoms with Crippen molar-refractivity contribution in [3.05, 3.63) is 35.9 Å². The zero-order valence-corrected chi connectivity index (χ0v) is 12.2. The summed E-state index contributed by atoms with van der Waals surface area (Å²) in [5, 5.41) is 6.08. The van der Waals surface area contributed by atoms with Gasteiger partial charge < -0.3 is 10.6 Å². The zero-order chi connectivity index (χ0) is 14.0. The standard InChI is InChI=1S/C17H26N2O/c20-17(19-16-12-6-1-2-7-13-16)18-14-8-11-15-9-4-3-5-10-15/h3-5,9-10,16H,1-2,6-8,11-14H2,(H2,18,19,20). The van der Waals surface area contributed by atoms with Gasteiger partial charge in [0, 0.05) is 12.6 Å². The van der Waals surface area contributed by atoms with E-state index in [9.17, 15) is 4.79 Å². The first-order chi connectivity index (χ1) is 9.84. The Morgan fingerprint density at radius 1 is 1.05 bits per heavy atom. The number of hydrogen-bond donors (Lipinski definition) is 2. The van der Waals surface area contributed by atoms with Gasteiger partial charge in [0.1, 0.15) is 0 Å². The summed E-state index contributed by atoms with van der Waals surface area (Å²) in [4.78, 5) is 11.8. The third-order valence-corrected chi connectivity index (χ3v) is 3.96. The average Bonchev–Trinajstić information content (AvgIpc) is 2.73. The lowest BCUT2D eigenvalue weighted by molar-refractivity contribution is 0.235. The molecule has 2 rings (SSSR count). The van der Waals surface area contributed by atoms with Crippen molar-refractivity contribution < 1.29 is 4.79 Å². The van der Waals surface area contributed by atoms with E-state index in [4.69, 9.17) is 0 Å². The van der Waals surface area contributed by atoms with Crippen LogP contribution >= 0.6 is 0 Å². The van der Waals surface area contributed by atoms with Crippen LogP contribution in [0.5, 0.6) is 0 Å². The maximum atomic E-state index is 11.8. The van der Waals surface area contributed by atoms with Gasteiger partial charge in [-0.3, -0.25) is 0 Å². The Labute approximate surface area is 122 Å². The zero-order valence-electron chi connectivity index (χ0n) is 12.2. The van der Waals surface area contributed by atoms with E-state index in [0.717, 1.165) is 32.2 Å². The summed E-state index contributed by atoms with van der Waals surface area (Å²) in [6.07, 6.45) is 9.41. The summed E-state index contributed by atoms with van der Waals surface area (Å²) in [5.74, 6) is 0. The molecule has 1 aliphatic carbocycles. The molecule has 0 aromatic heterocycles. The smallest absolute Gasteiger partial charge is 0.315 e. The van der Waals surface area contributed by atoms with E-state index < -0.39 is 0 Å². The van der Waals surface area contributed by atoms with E-state index >= 15 is 0 Å². The van der Waals surface area contributed by atoms with Crippen molar-refractivity contribution in [3.63, 3.8) is 0 Å².